The lowest BCUT2D eigenvalue weighted by molar-refractivity contribution is -0.128. The molecule has 1 aromatic carbocycles. The highest BCUT2D eigenvalue weighted by atomic mass is 32.2. The third-order valence-corrected chi connectivity index (χ3v) is 3.84. The molecule has 26 heavy (non-hydrogen) atoms. The number of esters is 1. The van der Waals surface area contributed by atoms with Crippen molar-refractivity contribution in [1.82, 2.24) is 9.97 Å². The molecule has 0 aliphatic heterocycles. The number of carbonyl (C=O) groups is 1. The highest BCUT2D eigenvalue weighted by Crippen LogP contribution is 2.21. The molecule has 3 aromatic rings. The molecule has 0 aliphatic rings. The van der Waals surface area contributed by atoms with Crippen molar-refractivity contribution in [2.24, 2.45) is 0 Å². The fraction of sp³-hybridized carbons (Fsp3) is 0.105. The van der Waals surface area contributed by atoms with Gasteiger partial charge in [0.05, 0.1) is 6.26 Å². The Morgan fingerprint density at radius 1 is 1.23 bits per heavy atom. The van der Waals surface area contributed by atoms with Crippen molar-refractivity contribution in [1.29, 1.82) is 0 Å². The summed E-state index contributed by atoms with van der Waals surface area (Å²) >= 11 is 1.49. The van der Waals surface area contributed by atoms with Crippen LogP contribution in [0.15, 0.2) is 64.4 Å². The maximum atomic E-state index is 11.8. The molecule has 2 aromatic heterocycles. The Morgan fingerprint density at radius 2 is 2.04 bits per heavy atom. The number of nitrogens with one attached hydrogen (secondary N) is 1. The number of aryl methyl sites for hydroxylation is 1. The molecule has 132 valence electrons. The fourth-order valence-corrected chi connectivity index (χ4v) is 2.56. The quantitative estimate of drug-likeness (QED) is 0.226. The molecule has 0 spiro atoms. The van der Waals surface area contributed by atoms with Gasteiger partial charge in [-0.3, -0.25) is 0 Å². The predicted octanol–water partition coefficient (Wildman–Crippen LogP) is 4.46. The topological polar surface area (TPSA) is 77.3 Å². The van der Waals surface area contributed by atoms with Gasteiger partial charge in [0.1, 0.15) is 17.3 Å². The molecule has 0 atom stereocenters. The molecule has 7 heteroatoms. The first kappa shape index (κ1) is 17.8. The number of carbonyl (C=O) groups excluding carboxylic acids is 1. The van der Waals surface area contributed by atoms with Crippen molar-refractivity contribution < 1.29 is 13.9 Å². The van der Waals surface area contributed by atoms with Crippen LogP contribution in [-0.2, 0) is 4.79 Å². The van der Waals surface area contributed by atoms with Gasteiger partial charge in [-0.25, -0.2) is 14.8 Å². The smallest absolute Gasteiger partial charge is 0.336 e. The minimum Gasteiger partial charge on any atom is -0.465 e. The van der Waals surface area contributed by atoms with Crippen LogP contribution in [0.3, 0.4) is 0 Å². The number of thioether (sulfide) groups is 1. The third kappa shape index (κ3) is 4.97. The zero-order valence-corrected chi connectivity index (χ0v) is 15.1. The highest BCUT2D eigenvalue weighted by molar-refractivity contribution is 7.98. The second-order valence-corrected chi connectivity index (χ2v) is 6.07. The van der Waals surface area contributed by atoms with Crippen LogP contribution in [0.5, 0.6) is 5.75 Å². The van der Waals surface area contributed by atoms with E-state index < -0.39 is 5.97 Å². The van der Waals surface area contributed by atoms with Crippen LogP contribution in [0.25, 0.3) is 6.08 Å². The summed E-state index contributed by atoms with van der Waals surface area (Å²) in [6.45, 7) is 1.92. The number of hydrogen-bond donors (Lipinski definition) is 1. The van der Waals surface area contributed by atoms with Crippen molar-refractivity contribution in [3.8, 4) is 5.75 Å². The molecule has 0 unspecified atom stereocenters. The Bertz CT molecular complexity index is 906. The highest BCUT2D eigenvalue weighted by Gasteiger charge is 2.04. The Labute approximate surface area is 155 Å². The SMILES string of the molecule is CSc1nc(C)cc(Nc2ccc(OC(=O)/C=C/c3ccco3)cc2)n1. The third-order valence-electron chi connectivity index (χ3n) is 3.29. The van der Waals surface area contributed by atoms with Crippen LogP contribution in [0, 0.1) is 6.92 Å². The van der Waals surface area contributed by atoms with E-state index in [1.807, 2.05) is 31.4 Å². The van der Waals surface area contributed by atoms with E-state index in [0.717, 1.165) is 11.4 Å². The number of anilines is 2. The molecule has 1 N–H and O–H groups in total. The number of ether oxygens (including phenoxy) is 1. The molecule has 0 radical (unpaired) electrons. The molecule has 0 amide bonds. The molecule has 0 saturated carbocycles. The standard InChI is InChI=1S/C19H17N3O3S/c1-13-12-17(22-19(20-13)26-2)21-14-5-7-16(8-6-14)25-18(23)10-9-15-4-3-11-24-15/h3-12H,1-2H3,(H,20,21,22)/b10-9+. The van der Waals surface area contributed by atoms with E-state index >= 15 is 0 Å². The second-order valence-electron chi connectivity index (χ2n) is 5.30. The molecule has 2 heterocycles. The van der Waals surface area contributed by atoms with Crippen molar-refractivity contribution in [3.63, 3.8) is 0 Å². The van der Waals surface area contributed by atoms with E-state index in [9.17, 15) is 4.79 Å². The maximum Gasteiger partial charge on any atom is 0.336 e. The number of rotatable bonds is 6. The predicted molar refractivity (Wildman–Crippen MR) is 102 cm³/mol. The van der Waals surface area contributed by atoms with Crippen molar-refractivity contribution in [2.75, 3.05) is 11.6 Å². The number of benzene rings is 1. The second kappa shape index (κ2) is 8.35. The van der Waals surface area contributed by atoms with Crippen molar-refractivity contribution in [2.45, 2.75) is 12.1 Å². The van der Waals surface area contributed by atoms with Crippen LogP contribution < -0.4 is 10.1 Å². The summed E-state index contributed by atoms with van der Waals surface area (Å²) in [6.07, 6.45) is 6.34. The lowest BCUT2D eigenvalue weighted by Gasteiger charge is -2.08. The van der Waals surface area contributed by atoms with E-state index in [-0.39, 0.29) is 0 Å². The van der Waals surface area contributed by atoms with E-state index in [1.54, 1.807) is 30.3 Å². The van der Waals surface area contributed by atoms with Crippen LogP contribution >= 0.6 is 11.8 Å². The van der Waals surface area contributed by atoms with Gasteiger partial charge in [-0.05, 0) is 55.7 Å². The van der Waals surface area contributed by atoms with Gasteiger partial charge < -0.3 is 14.5 Å². The number of hydrogen-bond acceptors (Lipinski definition) is 7. The first-order valence-corrected chi connectivity index (χ1v) is 9.05. The molecule has 3 rings (SSSR count). The Morgan fingerprint density at radius 3 is 2.73 bits per heavy atom. The van der Waals surface area contributed by atoms with Crippen LogP contribution in [0.2, 0.25) is 0 Å². The minimum absolute atomic E-state index is 0.452. The average molecular weight is 367 g/mol. The first-order chi connectivity index (χ1) is 12.6. The van der Waals surface area contributed by atoms with E-state index in [1.165, 1.54) is 24.1 Å². The van der Waals surface area contributed by atoms with Crippen LogP contribution in [0.4, 0.5) is 11.5 Å². The molecule has 0 aliphatic carbocycles. The van der Waals surface area contributed by atoms with Gasteiger partial charge in [0.2, 0.25) is 0 Å². The minimum atomic E-state index is -0.474. The Kier molecular flexibility index (Phi) is 5.70. The molecule has 0 bridgehead atoms. The van der Waals surface area contributed by atoms with Gasteiger partial charge in [-0.2, -0.15) is 0 Å². The Balaban J connectivity index is 1.61. The summed E-state index contributed by atoms with van der Waals surface area (Å²) in [6, 6.07) is 12.4. The number of aromatic nitrogens is 2. The maximum absolute atomic E-state index is 11.8. The number of furan rings is 1. The largest absolute Gasteiger partial charge is 0.465 e. The normalized spacial score (nSPS) is 10.8. The average Bonchev–Trinajstić information content (AvgIpc) is 3.15. The lowest BCUT2D eigenvalue weighted by atomic mass is 10.3. The van der Waals surface area contributed by atoms with Gasteiger partial charge in [-0.15, -0.1) is 0 Å². The Hall–Kier alpha value is -3.06. The van der Waals surface area contributed by atoms with Gasteiger partial charge in [-0.1, -0.05) is 11.8 Å². The molecular weight excluding hydrogens is 350 g/mol. The number of nitrogens with zero attached hydrogens (tertiary/aromatic N) is 2. The molecular formula is C19H17N3O3S. The summed E-state index contributed by atoms with van der Waals surface area (Å²) < 4.78 is 10.4. The van der Waals surface area contributed by atoms with Crippen molar-refractivity contribution >= 4 is 35.3 Å². The van der Waals surface area contributed by atoms with E-state index in [4.69, 9.17) is 9.15 Å². The zero-order valence-electron chi connectivity index (χ0n) is 14.3. The summed E-state index contributed by atoms with van der Waals surface area (Å²) in [4.78, 5) is 20.5. The van der Waals surface area contributed by atoms with Crippen molar-refractivity contribution in [3.05, 3.63) is 66.3 Å². The van der Waals surface area contributed by atoms with E-state index in [2.05, 4.69) is 15.3 Å². The van der Waals surface area contributed by atoms with Gasteiger partial charge in [0.25, 0.3) is 0 Å². The lowest BCUT2D eigenvalue weighted by Crippen LogP contribution is -2.03. The summed E-state index contributed by atoms with van der Waals surface area (Å²) in [5, 5.41) is 3.92. The summed E-state index contributed by atoms with van der Waals surface area (Å²) in [7, 11) is 0. The van der Waals surface area contributed by atoms with Crippen LogP contribution in [-0.4, -0.2) is 22.2 Å². The van der Waals surface area contributed by atoms with Gasteiger partial charge in [0, 0.05) is 23.5 Å². The monoisotopic (exact) mass is 367 g/mol. The fourth-order valence-electron chi connectivity index (χ4n) is 2.14. The van der Waals surface area contributed by atoms with Gasteiger partial charge in [0.15, 0.2) is 5.16 Å². The summed E-state index contributed by atoms with van der Waals surface area (Å²) in [5.74, 6) is 1.28. The van der Waals surface area contributed by atoms with Gasteiger partial charge >= 0.3 is 5.97 Å². The molecule has 0 fully saturated rings. The molecule has 6 nitrogen and oxygen atoms in total. The van der Waals surface area contributed by atoms with E-state index in [0.29, 0.717) is 22.5 Å². The summed E-state index contributed by atoms with van der Waals surface area (Å²) in [5.41, 5.74) is 1.72. The molecule has 0 saturated heterocycles. The van der Waals surface area contributed by atoms with Crippen LogP contribution in [0.1, 0.15) is 11.5 Å². The zero-order chi connectivity index (χ0) is 18.4. The first-order valence-electron chi connectivity index (χ1n) is 7.82.